The highest BCUT2D eigenvalue weighted by molar-refractivity contribution is 5.98. The Morgan fingerprint density at radius 2 is 2.14 bits per heavy atom. The maximum absolute atomic E-state index is 12.1. The number of aliphatic carboxylic acids is 1. The summed E-state index contributed by atoms with van der Waals surface area (Å²) in [4.78, 5) is 33.2. The summed E-state index contributed by atoms with van der Waals surface area (Å²) in [5, 5.41) is 22.1. The molecule has 1 amide bonds. The van der Waals surface area contributed by atoms with Crippen molar-refractivity contribution in [2.75, 3.05) is 0 Å². The van der Waals surface area contributed by atoms with Gasteiger partial charge in [0.15, 0.2) is 0 Å². The summed E-state index contributed by atoms with van der Waals surface area (Å²) in [6, 6.07) is 2.76. The molecule has 1 aromatic carbocycles. The Kier molecular flexibility index (Phi) is 5.59. The average molecular weight is 292 g/mol. The van der Waals surface area contributed by atoms with Crippen molar-refractivity contribution in [1.29, 1.82) is 0 Å². The highest BCUT2D eigenvalue weighted by Crippen LogP contribution is 2.17. The van der Waals surface area contributed by atoms with Gasteiger partial charge in [0.05, 0.1) is 4.92 Å². The number of nitrogens with one attached hydrogen (secondary N) is 1. The molecule has 0 saturated carbocycles. The molecule has 7 heteroatoms. The molecule has 0 aromatic heterocycles. The lowest BCUT2D eigenvalue weighted by atomic mass is 10.1. The van der Waals surface area contributed by atoms with E-state index < -0.39 is 22.8 Å². The highest BCUT2D eigenvalue weighted by atomic mass is 16.6. The van der Waals surface area contributed by atoms with E-state index in [-0.39, 0.29) is 17.7 Å². The van der Waals surface area contributed by atoms with E-state index in [4.69, 9.17) is 5.11 Å². The Labute approximate surface area is 121 Å². The summed E-state index contributed by atoms with van der Waals surface area (Å²) < 4.78 is 0. The van der Waals surface area contributed by atoms with Crippen molar-refractivity contribution in [1.82, 2.24) is 5.32 Å². The van der Waals surface area contributed by atoms with Crippen LogP contribution in [0.25, 0.3) is 0 Å². The third kappa shape index (κ3) is 4.41. The predicted octanol–water partition coefficient (Wildman–Crippen LogP) is 2.05. The summed E-state index contributed by atoms with van der Waals surface area (Å²) in [6.45, 7) is 3.31. The number of nitro groups is 1. The Morgan fingerprint density at radius 3 is 2.62 bits per heavy atom. The van der Waals surface area contributed by atoms with Gasteiger partial charge in [0, 0.05) is 17.7 Å². The Morgan fingerprint density at radius 1 is 1.48 bits per heavy atom. The van der Waals surface area contributed by atoms with E-state index in [1.54, 1.807) is 26.0 Å². The van der Waals surface area contributed by atoms with E-state index in [1.807, 2.05) is 0 Å². The predicted molar refractivity (Wildman–Crippen MR) is 76.2 cm³/mol. The van der Waals surface area contributed by atoms with Crippen molar-refractivity contribution < 1.29 is 19.6 Å². The molecule has 0 aliphatic rings. The highest BCUT2D eigenvalue weighted by Gasteiger charge is 2.21. The van der Waals surface area contributed by atoms with Crippen LogP contribution in [0.4, 0.5) is 5.69 Å². The number of nitro benzene ring substituents is 1. The van der Waals surface area contributed by atoms with E-state index in [0.29, 0.717) is 5.56 Å². The number of carbonyl (C=O) groups excluding carboxylic acids is 1. The zero-order chi connectivity index (χ0) is 16.0. The molecule has 0 aliphatic heterocycles. The molecule has 21 heavy (non-hydrogen) atoms. The summed E-state index contributed by atoms with van der Waals surface area (Å²) >= 11 is 0. The lowest BCUT2D eigenvalue weighted by Crippen LogP contribution is -2.40. The van der Waals surface area contributed by atoms with Gasteiger partial charge in [-0.1, -0.05) is 12.2 Å². The van der Waals surface area contributed by atoms with Gasteiger partial charge in [-0.15, -0.1) is 0 Å². The summed E-state index contributed by atoms with van der Waals surface area (Å²) in [5.74, 6) is -1.71. The molecular weight excluding hydrogens is 276 g/mol. The van der Waals surface area contributed by atoms with E-state index >= 15 is 0 Å². The van der Waals surface area contributed by atoms with Crippen molar-refractivity contribution >= 4 is 17.6 Å². The van der Waals surface area contributed by atoms with Crippen LogP contribution in [-0.2, 0) is 4.79 Å². The number of allylic oxidation sites excluding steroid dienone is 1. The number of carboxylic acid groups (broad SMARTS) is 1. The molecule has 1 unspecified atom stereocenters. The minimum atomic E-state index is -1.14. The molecule has 1 aromatic rings. The fourth-order valence-electron chi connectivity index (χ4n) is 1.75. The van der Waals surface area contributed by atoms with Gasteiger partial charge in [0.2, 0.25) is 0 Å². The summed E-state index contributed by atoms with van der Waals surface area (Å²) in [5.41, 5.74) is 0.511. The number of hydrogen-bond donors (Lipinski definition) is 2. The van der Waals surface area contributed by atoms with Crippen LogP contribution in [0.1, 0.15) is 29.3 Å². The molecule has 1 atom stereocenters. The molecule has 112 valence electrons. The first-order valence-corrected chi connectivity index (χ1v) is 6.26. The van der Waals surface area contributed by atoms with Crippen molar-refractivity contribution in [3.63, 3.8) is 0 Å². The van der Waals surface area contributed by atoms with Crippen LogP contribution >= 0.6 is 0 Å². The molecule has 0 fully saturated rings. The number of nitrogens with zero attached hydrogens (tertiary/aromatic N) is 1. The molecule has 1 rings (SSSR count). The van der Waals surface area contributed by atoms with Crippen LogP contribution in [-0.4, -0.2) is 27.9 Å². The van der Waals surface area contributed by atoms with Crippen molar-refractivity contribution in [2.45, 2.75) is 26.3 Å². The molecule has 0 heterocycles. The van der Waals surface area contributed by atoms with E-state index in [9.17, 15) is 19.7 Å². The quantitative estimate of drug-likeness (QED) is 0.473. The number of benzene rings is 1. The third-order valence-electron chi connectivity index (χ3n) is 2.88. The van der Waals surface area contributed by atoms with E-state index in [1.165, 1.54) is 18.2 Å². The molecular formula is C14H16N2O5. The number of rotatable bonds is 6. The second-order valence-electron chi connectivity index (χ2n) is 4.43. The fourth-order valence-corrected chi connectivity index (χ4v) is 1.75. The molecule has 0 radical (unpaired) electrons. The number of carbonyl (C=O) groups is 2. The zero-order valence-electron chi connectivity index (χ0n) is 11.7. The zero-order valence-corrected chi connectivity index (χ0v) is 11.7. The first-order chi connectivity index (χ1) is 9.86. The first-order valence-electron chi connectivity index (χ1n) is 6.26. The molecule has 7 nitrogen and oxygen atoms in total. The summed E-state index contributed by atoms with van der Waals surface area (Å²) in [7, 11) is 0. The number of amides is 1. The number of carboxylic acids is 1. The second-order valence-corrected chi connectivity index (χ2v) is 4.43. The normalized spacial score (nSPS) is 12.1. The van der Waals surface area contributed by atoms with Crippen molar-refractivity contribution in [2.24, 2.45) is 0 Å². The van der Waals surface area contributed by atoms with Gasteiger partial charge >= 0.3 is 5.97 Å². The molecule has 2 N–H and O–H groups in total. The Bertz CT molecular complexity index is 595. The molecule has 0 bridgehead atoms. The van der Waals surface area contributed by atoms with Gasteiger partial charge in [-0.05, 0) is 31.9 Å². The van der Waals surface area contributed by atoms with Crippen LogP contribution < -0.4 is 5.32 Å². The van der Waals surface area contributed by atoms with E-state index in [2.05, 4.69) is 5.32 Å². The first kappa shape index (κ1) is 16.4. The van der Waals surface area contributed by atoms with Crippen LogP contribution in [0.5, 0.6) is 0 Å². The van der Waals surface area contributed by atoms with Crippen LogP contribution in [0.2, 0.25) is 0 Å². The van der Waals surface area contributed by atoms with Gasteiger partial charge in [-0.3, -0.25) is 14.9 Å². The van der Waals surface area contributed by atoms with Crippen molar-refractivity contribution in [3.05, 3.63) is 51.6 Å². The maximum Gasteiger partial charge on any atom is 0.326 e. The van der Waals surface area contributed by atoms with Crippen LogP contribution in [0.15, 0.2) is 30.4 Å². The van der Waals surface area contributed by atoms with Gasteiger partial charge in [-0.2, -0.15) is 0 Å². The Balaban J connectivity index is 2.92. The SMILES string of the molecule is C/C=C/CC(NC(=O)c1ccc([N+](=O)[O-])cc1C)C(=O)O. The standard InChI is InChI=1S/C14H16N2O5/c1-3-4-5-12(14(18)19)15-13(17)11-7-6-10(16(20)21)8-9(11)2/h3-4,6-8,12H,5H2,1-2H3,(H,15,17)(H,18,19)/b4-3+. The average Bonchev–Trinajstić information content (AvgIpc) is 2.42. The maximum atomic E-state index is 12.1. The van der Waals surface area contributed by atoms with Crippen LogP contribution in [0.3, 0.4) is 0 Å². The monoisotopic (exact) mass is 292 g/mol. The third-order valence-corrected chi connectivity index (χ3v) is 2.88. The van der Waals surface area contributed by atoms with Gasteiger partial charge in [-0.25, -0.2) is 4.79 Å². The van der Waals surface area contributed by atoms with Crippen LogP contribution in [0, 0.1) is 17.0 Å². The van der Waals surface area contributed by atoms with Crippen molar-refractivity contribution in [3.8, 4) is 0 Å². The Hall–Kier alpha value is -2.70. The number of hydrogen-bond acceptors (Lipinski definition) is 4. The molecule has 0 aliphatic carbocycles. The van der Waals surface area contributed by atoms with Gasteiger partial charge in [0.1, 0.15) is 6.04 Å². The van der Waals surface area contributed by atoms with Gasteiger partial charge in [0.25, 0.3) is 11.6 Å². The second kappa shape index (κ2) is 7.18. The largest absolute Gasteiger partial charge is 0.480 e. The number of aryl methyl sites for hydroxylation is 1. The smallest absolute Gasteiger partial charge is 0.326 e. The summed E-state index contributed by atoms with van der Waals surface area (Å²) in [6.07, 6.45) is 3.50. The van der Waals surface area contributed by atoms with E-state index in [0.717, 1.165) is 0 Å². The molecule has 0 spiro atoms. The lowest BCUT2D eigenvalue weighted by molar-refractivity contribution is -0.384. The fraction of sp³-hybridized carbons (Fsp3) is 0.286. The topological polar surface area (TPSA) is 110 Å². The minimum absolute atomic E-state index is 0.118. The number of non-ortho nitro benzene ring substituents is 1. The van der Waals surface area contributed by atoms with Gasteiger partial charge < -0.3 is 10.4 Å². The minimum Gasteiger partial charge on any atom is -0.480 e. The lowest BCUT2D eigenvalue weighted by Gasteiger charge is -2.13. The molecule has 0 saturated heterocycles.